The summed E-state index contributed by atoms with van der Waals surface area (Å²) in [4.78, 5) is 26.2. The van der Waals surface area contributed by atoms with Crippen LogP contribution in [0, 0.1) is 17.5 Å². The third-order valence-electron chi connectivity index (χ3n) is 4.78. The molecule has 5 nitrogen and oxygen atoms in total. The van der Waals surface area contributed by atoms with E-state index in [-0.39, 0.29) is 30.6 Å². The van der Waals surface area contributed by atoms with Gasteiger partial charge >= 0.3 is 0 Å². The van der Waals surface area contributed by atoms with E-state index in [1.165, 1.54) is 18.2 Å². The van der Waals surface area contributed by atoms with Crippen molar-refractivity contribution < 1.29 is 22.8 Å². The first kappa shape index (κ1) is 23.0. The molecule has 3 aromatic rings. The molecule has 0 aliphatic carbocycles. The van der Waals surface area contributed by atoms with Gasteiger partial charge in [0.2, 0.25) is 11.8 Å². The van der Waals surface area contributed by atoms with Gasteiger partial charge in [-0.3, -0.25) is 14.5 Å². The van der Waals surface area contributed by atoms with Gasteiger partial charge in [0.05, 0.1) is 19.1 Å². The Morgan fingerprint density at radius 3 is 2.16 bits per heavy atom. The number of carbonyl (C=O) groups excluding carboxylic acids is 2. The Labute approximate surface area is 183 Å². The van der Waals surface area contributed by atoms with Crippen LogP contribution in [0.1, 0.15) is 17.2 Å². The van der Waals surface area contributed by atoms with Crippen LogP contribution in [-0.4, -0.2) is 36.9 Å². The molecule has 32 heavy (non-hydrogen) atoms. The number of rotatable bonds is 8. The summed E-state index contributed by atoms with van der Waals surface area (Å²) in [6, 6.07) is 18.2. The normalized spacial score (nSPS) is 11.8. The number of amides is 2. The number of anilines is 1. The van der Waals surface area contributed by atoms with Gasteiger partial charge in [-0.15, -0.1) is 0 Å². The minimum Gasteiger partial charge on any atom is -0.346 e. The lowest BCUT2D eigenvalue weighted by Crippen LogP contribution is -2.40. The SMILES string of the molecule is CN(CC(=O)NCC(=O)Nc1ccc(F)c(F)c1)C(c1ccccc1)c1ccc(F)cc1. The van der Waals surface area contributed by atoms with Gasteiger partial charge in [0.15, 0.2) is 11.6 Å². The van der Waals surface area contributed by atoms with Gasteiger partial charge in [0, 0.05) is 11.8 Å². The van der Waals surface area contributed by atoms with E-state index in [2.05, 4.69) is 10.6 Å². The molecule has 0 aliphatic rings. The number of nitrogens with one attached hydrogen (secondary N) is 2. The maximum absolute atomic E-state index is 13.4. The maximum Gasteiger partial charge on any atom is 0.243 e. The van der Waals surface area contributed by atoms with E-state index in [1.54, 1.807) is 24.1 Å². The number of hydrogen-bond donors (Lipinski definition) is 2. The van der Waals surface area contributed by atoms with Gasteiger partial charge in [-0.2, -0.15) is 0 Å². The summed E-state index contributed by atoms with van der Waals surface area (Å²) >= 11 is 0. The van der Waals surface area contributed by atoms with E-state index in [0.717, 1.165) is 23.3 Å². The molecule has 1 atom stereocenters. The van der Waals surface area contributed by atoms with E-state index >= 15 is 0 Å². The molecule has 0 aliphatic heterocycles. The Morgan fingerprint density at radius 2 is 1.50 bits per heavy atom. The first-order valence-corrected chi connectivity index (χ1v) is 9.85. The first-order valence-electron chi connectivity index (χ1n) is 9.85. The monoisotopic (exact) mass is 441 g/mol. The Kier molecular flexibility index (Phi) is 7.62. The molecule has 0 saturated heterocycles. The molecular formula is C24H22F3N3O2. The van der Waals surface area contributed by atoms with E-state index < -0.39 is 23.4 Å². The fraction of sp³-hybridized carbons (Fsp3) is 0.167. The van der Waals surface area contributed by atoms with Crippen molar-refractivity contribution in [3.63, 3.8) is 0 Å². The molecule has 0 radical (unpaired) electrons. The molecule has 166 valence electrons. The van der Waals surface area contributed by atoms with Crippen molar-refractivity contribution in [2.24, 2.45) is 0 Å². The number of likely N-dealkylation sites (N-methyl/N-ethyl adjacent to an activating group) is 1. The van der Waals surface area contributed by atoms with Crippen LogP contribution in [0.2, 0.25) is 0 Å². The molecule has 0 heterocycles. The second kappa shape index (κ2) is 10.6. The molecule has 0 fully saturated rings. The summed E-state index contributed by atoms with van der Waals surface area (Å²) in [5, 5.41) is 4.89. The molecule has 2 N–H and O–H groups in total. The van der Waals surface area contributed by atoms with Crippen molar-refractivity contribution in [2.45, 2.75) is 6.04 Å². The van der Waals surface area contributed by atoms with Crippen LogP contribution in [-0.2, 0) is 9.59 Å². The van der Waals surface area contributed by atoms with Crippen LogP contribution in [0.4, 0.5) is 18.9 Å². The van der Waals surface area contributed by atoms with Crippen molar-refractivity contribution in [1.82, 2.24) is 10.2 Å². The van der Waals surface area contributed by atoms with Crippen LogP contribution >= 0.6 is 0 Å². The highest BCUT2D eigenvalue weighted by atomic mass is 19.2. The molecule has 3 aromatic carbocycles. The number of hydrogen-bond acceptors (Lipinski definition) is 3. The Balaban J connectivity index is 1.61. The Bertz CT molecular complexity index is 1080. The highest BCUT2D eigenvalue weighted by molar-refractivity contribution is 5.94. The Hall–Kier alpha value is -3.65. The van der Waals surface area contributed by atoms with E-state index in [4.69, 9.17) is 0 Å². The summed E-state index contributed by atoms with van der Waals surface area (Å²) in [7, 11) is 1.75. The van der Waals surface area contributed by atoms with E-state index in [1.807, 2.05) is 30.3 Å². The van der Waals surface area contributed by atoms with Crippen molar-refractivity contribution in [1.29, 1.82) is 0 Å². The molecule has 1 unspecified atom stereocenters. The minimum atomic E-state index is -1.08. The van der Waals surface area contributed by atoms with Gasteiger partial charge in [-0.05, 0) is 42.4 Å². The maximum atomic E-state index is 13.4. The molecule has 0 aromatic heterocycles. The smallest absolute Gasteiger partial charge is 0.243 e. The zero-order valence-corrected chi connectivity index (χ0v) is 17.3. The lowest BCUT2D eigenvalue weighted by Gasteiger charge is -2.28. The quantitative estimate of drug-likeness (QED) is 0.558. The predicted molar refractivity (Wildman–Crippen MR) is 115 cm³/mol. The average Bonchev–Trinajstić information content (AvgIpc) is 2.77. The standard InChI is InChI=1S/C24H22F3N3O2/c1-30(24(16-5-3-2-4-6-16)17-7-9-18(25)10-8-17)15-23(32)28-14-22(31)29-19-11-12-20(26)21(27)13-19/h2-13,24H,14-15H2,1H3,(H,28,32)(H,29,31). The van der Waals surface area contributed by atoms with Crippen molar-refractivity contribution in [3.05, 3.63) is 101 Å². The zero-order valence-electron chi connectivity index (χ0n) is 17.3. The number of benzene rings is 3. The second-order valence-corrected chi connectivity index (χ2v) is 7.23. The fourth-order valence-corrected chi connectivity index (χ4v) is 3.31. The fourth-order valence-electron chi connectivity index (χ4n) is 3.31. The average molecular weight is 441 g/mol. The molecule has 0 bridgehead atoms. The van der Waals surface area contributed by atoms with Gasteiger partial charge in [0.25, 0.3) is 0 Å². The molecule has 8 heteroatoms. The summed E-state index contributed by atoms with van der Waals surface area (Å²) < 4.78 is 39.6. The molecule has 0 saturated carbocycles. The van der Waals surface area contributed by atoms with Crippen molar-refractivity contribution in [3.8, 4) is 0 Å². The van der Waals surface area contributed by atoms with Crippen LogP contribution in [0.5, 0.6) is 0 Å². The second-order valence-electron chi connectivity index (χ2n) is 7.23. The lowest BCUT2D eigenvalue weighted by atomic mass is 9.97. The summed E-state index contributed by atoms with van der Waals surface area (Å²) in [5.41, 5.74) is 1.81. The summed E-state index contributed by atoms with van der Waals surface area (Å²) in [5.74, 6) is -3.44. The highest BCUT2D eigenvalue weighted by Crippen LogP contribution is 2.27. The van der Waals surface area contributed by atoms with Crippen LogP contribution in [0.15, 0.2) is 72.8 Å². The first-order chi connectivity index (χ1) is 15.3. The molecule has 3 rings (SSSR count). The molecule has 0 spiro atoms. The number of halogens is 3. The highest BCUT2D eigenvalue weighted by Gasteiger charge is 2.21. The van der Waals surface area contributed by atoms with Gasteiger partial charge in [0.1, 0.15) is 5.82 Å². The number of carbonyl (C=O) groups is 2. The summed E-state index contributed by atoms with van der Waals surface area (Å²) in [6.07, 6.45) is 0. The lowest BCUT2D eigenvalue weighted by molar-refractivity contribution is -0.125. The minimum absolute atomic E-state index is 0.0323. The van der Waals surface area contributed by atoms with Crippen LogP contribution in [0.3, 0.4) is 0 Å². The Morgan fingerprint density at radius 1 is 0.844 bits per heavy atom. The largest absolute Gasteiger partial charge is 0.346 e. The third-order valence-corrected chi connectivity index (χ3v) is 4.78. The van der Waals surface area contributed by atoms with E-state index in [0.29, 0.717) is 0 Å². The number of nitrogens with zero attached hydrogens (tertiary/aromatic N) is 1. The topological polar surface area (TPSA) is 61.4 Å². The summed E-state index contributed by atoms with van der Waals surface area (Å²) in [6.45, 7) is -0.367. The van der Waals surface area contributed by atoms with Gasteiger partial charge in [-0.25, -0.2) is 13.2 Å². The van der Waals surface area contributed by atoms with Crippen LogP contribution < -0.4 is 10.6 Å². The van der Waals surface area contributed by atoms with Crippen LogP contribution in [0.25, 0.3) is 0 Å². The van der Waals surface area contributed by atoms with Crippen molar-refractivity contribution in [2.75, 3.05) is 25.5 Å². The predicted octanol–water partition coefficient (Wildman–Crippen LogP) is 3.88. The molecular weight excluding hydrogens is 419 g/mol. The third kappa shape index (κ3) is 6.18. The van der Waals surface area contributed by atoms with Crippen molar-refractivity contribution >= 4 is 17.5 Å². The van der Waals surface area contributed by atoms with E-state index in [9.17, 15) is 22.8 Å². The molecule has 2 amide bonds. The van der Waals surface area contributed by atoms with Gasteiger partial charge in [-0.1, -0.05) is 42.5 Å². The van der Waals surface area contributed by atoms with Gasteiger partial charge < -0.3 is 10.6 Å². The zero-order chi connectivity index (χ0) is 23.1.